The highest BCUT2D eigenvalue weighted by molar-refractivity contribution is 4.91. The molecule has 1 fully saturated rings. The van der Waals surface area contributed by atoms with Crippen molar-refractivity contribution in [2.24, 2.45) is 0 Å². The Labute approximate surface area is 100 Å². The van der Waals surface area contributed by atoms with Gasteiger partial charge >= 0.3 is 0 Å². The Hall–Kier alpha value is -0.660. The predicted octanol–water partition coefficient (Wildman–Crippen LogP) is 4.28. The number of allylic oxidation sites excluding steroid dienone is 1. The molecule has 0 aromatic carbocycles. The lowest BCUT2D eigenvalue weighted by atomic mass is 9.96. The minimum atomic E-state index is 0.529. The van der Waals surface area contributed by atoms with Crippen LogP contribution in [0.15, 0.2) is 12.0 Å². The zero-order valence-electron chi connectivity index (χ0n) is 10.7. The first-order chi connectivity index (χ1) is 7.83. The van der Waals surface area contributed by atoms with Crippen LogP contribution in [0.2, 0.25) is 0 Å². The molecule has 1 aliphatic carbocycles. The molecule has 2 nitrogen and oxygen atoms in total. The molecule has 0 aromatic rings. The molecule has 0 aromatic heterocycles. The first-order valence-corrected chi connectivity index (χ1v) is 6.97. The number of unbranched alkanes of at least 4 members (excludes halogenated alkanes) is 3. The number of rotatable bonds is 7. The van der Waals surface area contributed by atoms with Crippen LogP contribution in [-0.2, 0) is 0 Å². The van der Waals surface area contributed by atoms with Gasteiger partial charge < -0.3 is 10.4 Å². The molecule has 0 radical (unpaired) electrons. The zero-order chi connectivity index (χ0) is 11.6. The number of hydrogen-bond donors (Lipinski definition) is 2. The Kier molecular flexibility index (Phi) is 7.11. The lowest BCUT2D eigenvalue weighted by molar-refractivity contribution is 0.361. The largest absolute Gasteiger partial charge is 0.511 e. The van der Waals surface area contributed by atoms with Crippen molar-refractivity contribution < 1.29 is 5.11 Å². The second-order valence-corrected chi connectivity index (χ2v) is 4.95. The summed E-state index contributed by atoms with van der Waals surface area (Å²) in [5.41, 5.74) is 0. The maximum absolute atomic E-state index is 9.68. The second-order valence-electron chi connectivity index (χ2n) is 4.95. The third-order valence-corrected chi connectivity index (χ3v) is 3.38. The van der Waals surface area contributed by atoms with E-state index in [1.54, 1.807) is 0 Å². The molecule has 1 saturated carbocycles. The number of hydrogen-bond acceptors (Lipinski definition) is 2. The van der Waals surface area contributed by atoms with Crippen molar-refractivity contribution in [1.82, 2.24) is 5.32 Å². The minimum Gasteiger partial charge on any atom is -0.511 e. The average molecular weight is 225 g/mol. The second kappa shape index (κ2) is 8.49. The van der Waals surface area contributed by atoms with Gasteiger partial charge in [-0.05, 0) is 19.3 Å². The van der Waals surface area contributed by atoms with Gasteiger partial charge in [-0.25, -0.2) is 0 Å². The van der Waals surface area contributed by atoms with E-state index in [0.29, 0.717) is 11.8 Å². The molecule has 0 amide bonds. The summed E-state index contributed by atoms with van der Waals surface area (Å²) in [6.45, 7) is 2.21. The summed E-state index contributed by atoms with van der Waals surface area (Å²) in [5.74, 6) is 0.529. The molecular weight excluding hydrogens is 198 g/mol. The normalized spacial score (nSPS) is 18.7. The van der Waals surface area contributed by atoms with Gasteiger partial charge in [-0.1, -0.05) is 45.4 Å². The Balaban J connectivity index is 2.07. The highest BCUT2D eigenvalue weighted by Crippen LogP contribution is 2.17. The summed E-state index contributed by atoms with van der Waals surface area (Å²) >= 11 is 0. The van der Waals surface area contributed by atoms with Crippen LogP contribution >= 0.6 is 0 Å². The fourth-order valence-electron chi connectivity index (χ4n) is 2.29. The molecule has 2 heteroatoms. The summed E-state index contributed by atoms with van der Waals surface area (Å²) in [5, 5.41) is 13.0. The Bertz CT molecular complexity index is 195. The van der Waals surface area contributed by atoms with Gasteiger partial charge in [0.2, 0.25) is 0 Å². The Morgan fingerprint density at radius 1 is 1.19 bits per heavy atom. The third kappa shape index (κ3) is 6.04. The van der Waals surface area contributed by atoms with Crippen LogP contribution in [0, 0.1) is 0 Å². The van der Waals surface area contributed by atoms with Gasteiger partial charge in [0, 0.05) is 18.7 Å². The quantitative estimate of drug-likeness (QED) is 0.500. The molecule has 0 aliphatic heterocycles. The Morgan fingerprint density at radius 2 is 1.94 bits per heavy atom. The van der Waals surface area contributed by atoms with E-state index in [0.717, 1.165) is 12.8 Å². The molecule has 0 spiro atoms. The first kappa shape index (κ1) is 13.4. The highest BCUT2D eigenvalue weighted by Gasteiger charge is 2.11. The van der Waals surface area contributed by atoms with Crippen LogP contribution in [0.5, 0.6) is 0 Å². The summed E-state index contributed by atoms with van der Waals surface area (Å²) in [7, 11) is 0. The molecule has 1 rings (SSSR count). The van der Waals surface area contributed by atoms with Crippen LogP contribution in [0.25, 0.3) is 0 Å². The van der Waals surface area contributed by atoms with Gasteiger partial charge in [-0.15, -0.1) is 0 Å². The van der Waals surface area contributed by atoms with Crippen molar-refractivity contribution in [3.8, 4) is 0 Å². The molecule has 0 bridgehead atoms. The molecule has 0 heterocycles. The monoisotopic (exact) mass is 225 g/mol. The molecule has 94 valence electrons. The topological polar surface area (TPSA) is 32.3 Å². The summed E-state index contributed by atoms with van der Waals surface area (Å²) in [6.07, 6.45) is 14.1. The average Bonchev–Trinajstić information content (AvgIpc) is 2.33. The van der Waals surface area contributed by atoms with Gasteiger partial charge in [0.25, 0.3) is 0 Å². The van der Waals surface area contributed by atoms with Crippen molar-refractivity contribution in [1.29, 1.82) is 0 Å². The van der Waals surface area contributed by atoms with E-state index in [4.69, 9.17) is 0 Å². The summed E-state index contributed by atoms with van der Waals surface area (Å²) < 4.78 is 0. The third-order valence-electron chi connectivity index (χ3n) is 3.38. The Morgan fingerprint density at radius 3 is 2.62 bits per heavy atom. The smallest absolute Gasteiger partial charge is 0.108 e. The minimum absolute atomic E-state index is 0.529. The molecule has 16 heavy (non-hydrogen) atoms. The summed E-state index contributed by atoms with van der Waals surface area (Å²) in [6, 6.07) is 0.603. The van der Waals surface area contributed by atoms with Gasteiger partial charge in [0.05, 0.1) is 0 Å². The fourth-order valence-corrected chi connectivity index (χ4v) is 2.29. The van der Waals surface area contributed by atoms with Crippen LogP contribution in [-0.4, -0.2) is 11.1 Å². The molecule has 2 N–H and O–H groups in total. The molecule has 0 saturated heterocycles. The molecular formula is C14H27NO. The fraction of sp³-hybridized carbons (Fsp3) is 0.857. The van der Waals surface area contributed by atoms with Crippen molar-refractivity contribution in [2.75, 3.05) is 0 Å². The first-order valence-electron chi connectivity index (χ1n) is 6.97. The van der Waals surface area contributed by atoms with E-state index >= 15 is 0 Å². The number of aliphatic hydroxyl groups excluding tert-OH is 1. The van der Waals surface area contributed by atoms with Crippen LogP contribution in [0.4, 0.5) is 0 Å². The van der Waals surface area contributed by atoms with Crippen LogP contribution < -0.4 is 5.32 Å². The predicted molar refractivity (Wildman–Crippen MR) is 69.5 cm³/mol. The molecule has 0 unspecified atom stereocenters. The van der Waals surface area contributed by atoms with E-state index in [1.807, 2.05) is 6.20 Å². The summed E-state index contributed by atoms with van der Waals surface area (Å²) in [4.78, 5) is 0. The van der Waals surface area contributed by atoms with E-state index < -0.39 is 0 Å². The molecule has 0 atom stereocenters. The van der Waals surface area contributed by atoms with Crippen molar-refractivity contribution in [3.05, 3.63) is 12.0 Å². The maximum Gasteiger partial charge on any atom is 0.108 e. The van der Waals surface area contributed by atoms with Crippen molar-refractivity contribution in [2.45, 2.75) is 77.2 Å². The van der Waals surface area contributed by atoms with Crippen molar-refractivity contribution in [3.63, 3.8) is 0 Å². The van der Waals surface area contributed by atoms with Crippen molar-refractivity contribution >= 4 is 0 Å². The molecule has 1 aliphatic rings. The number of nitrogens with one attached hydrogen (secondary N) is 1. The van der Waals surface area contributed by atoms with Crippen LogP contribution in [0.3, 0.4) is 0 Å². The van der Waals surface area contributed by atoms with Crippen LogP contribution in [0.1, 0.15) is 71.1 Å². The lowest BCUT2D eigenvalue weighted by Gasteiger charge is -2.21. The SMILES string of the molecule is CCCCCCC(O)=CNC1CCCCC1. The zero-order valence-corrected chi connectivity index (χ0v) is 10.7. The number of aliphatic hydroxyl groups is 1. The van der Waals surface area contributed by atoms with E-state index in [1.165, 1.54) is 51.4 Å². The van der Waals surface area contributed by atoms with E-state index in [9.17, 15) is 5.11 Å². The van der Waals surface area contributed by atoms with Gasteiger partial charge in [-0.2, -0.15) is 0 Å². The lowest BCUT2D eigenvalue weighted by Crippen LogP contribution is -2.26. The van der Waals surface area contributed by atoms with Gasteiger partial charge in [-0.3, -0.25) is 0 Å². The standard InChI is InChI=1S/C14H27NO/c1-2-3-4-8-11-14(16)12-15-13-9-6-5-7-10-13/h12-13,15-16H,2-11H2,1H3. The van der Waals surface area contributed by atoms with E-state index in [2.05, 4.69) is 12.2 Å². The maximum atomic E-state index is 9.68. The van der Waals surface area contributed by atoms with Gasteiger partial charge in [0.15, 0.2) is 0 Å². The van der Waals surface area contributed by atoms with Gasteiger partial charge in [0.1, 0.15) is 5.76 Å². The van der Waals surface area contributed by atoms with E-state index in [-0.39, 0.29) is 0 Å². The highest BCUT2D eigenvalue weighted by atomic mass is 16.3.